The zero-order valence-corrected chi connectivity index (χ0v) is 17.0. The molecular formula is C21H26NOS2+. The molecule has 2 aromatic rings. The van der Waals surface area contributed by atoms with Gasteiger partial charge in [-0.2, -0.15) is 0 Å². The smallest absolute Gasteiger partial charge is 0.180 e. The molecule has 0 spiro atoms. The van der Waals surface area contributed by atoms with Crippen LogP contribution in [-0.4, -0.2) is 24.3 Å². The van der Waals surface area contributed by atoms with E-state index in [-0.39, 0.29) is 16.4 Å². The SMILES string of the molecule is CCCC(C)(C[S+]1c2ccccc2Sc2ccccc21)N=C(C)OC. The Hall–Kier alpha value is -1.39. The molecule has 3 rings (SSSR count). The molecule has 1 unspecified atom stereocenters. The van der Waals surface area contributed by atoms with Gasteiger partial charge >= 0.3 is 0 Å². The Morgan fingerprint density at radius 2 is 1.64 bits per heavy atom. The summed E-state index contributed by atoms with van der Waals surface area (Å²) in [4.78, 5) is 10.6. The number of fused-ring (bicyclic) bond motifs is 2. The zero-order chi connectivity index (χ0) is 17.9. The van der Waals surface area contributed by atoms with Gasteiger partial charge in [0.05, 0.1) is 27.8 Å². The lowest BCUT2D eigenvalue weighted by Crippen LogP contribution is -2.34. The Kier molecular flexibility index (Phi) is 5.80. The van der Waals surface area contributed by atoms with Crippen LogP contribution in [-0.2, 0) is 15.6 Å². The van der Waals surface area contributed by atoms with Crippen LogP contribution in [0.5, 0.6) is 0 Å². The average molecular weight is 373 g/mol. The quantitative estimate of drug-likeness (QED) is 0.375. The Morgan fingerprint density at radius 1 is 1.08 bits per heavy atom. The van der Waals surface area contributed by atoms with E-state index in [0.717, 1.165) is 24.5 Å². The molecule has 0 saturated carbocycles. The highest BCUT2D eigenvalue weighted by Gasteiger charge is 2.41. The summed E-state index contributed by atoms with van der Waals surface area (Å²) in [6, 6.07) is 17.7. The van der Waals surface area contributed by atoms with E-state index in [0.29, 0.717) is 0 Å². The average Bonchev–Trinajstić information content (AvgIpc) is 2.61. The maximum atomic E-state index is 5.37. The normalized spacial score (nSPS) is 16.7. The van der Waals surface area contributed by atoms with Gasteiger partial charge in [-0.05, 0) is 37.6 Å². The molecular weight excluding hydrogens is 346 g/mol. The zero-order valence-electron chi connectivity index (χ0n) is 15.4. The van der Waals surface area contributed by atoms with Crippen LogP contribution in [0.15, 0.2) is 73.1 Å². The van der Waals surface area contributed by atoms with Crippen molar-refractivity contribution in [1.29, 1.82) is 0 Å². The van der Waals surface area contributed by atoms with Gasteiger partial charge in [0.2, 0.25) is 0 Å². The molecule has 0 N–H and O–H groups in total. The van der Waals surface area contributed by atoms with Crippen molar-refractivity contribution in [3.63, 3.8) is 0 Å². The van der Waals surface area contributed by atoms with E-state index in [1.54, 1.807) is 7.11 Å². The van der Waals surface area contributed by atoms with Crippen LogP contribution in [0.25, 0.3) is 0 Å². The van der Waals surface area contributed by atoms with Crippen molar-refractivity contribution in [2.45, 2.75) is 58.7 Å². The highest BCUT2D eigenvalue weighted by molar-refractivity contribution is 8.04. The number of rotatable bonds is 5. The van der Waals surface area contributed by atoms with Crippen molar-refractivity contribution in [3.05, 3.63) is 48.5 Å². The molecule has 2 nitrogen and oxygen atoms in total. The third-order valence-electron chi connectivity index (χ3n) is 4.42. The molecule has 0 bridgehead atoms. The van der Waals surface area contributed by atoms with Crippen LogP contribution >= 0.6 is 11.8 Å². The number of aliphatic imine (C=N–C) groups is 1. The second kappa shape index (κ2) is 7.88. The van der Waals surface area contributed by atoms with Gasteiger partial charge in [-0.15, -0.1) is 0 Å². The van der Waals surface area contributed by atoms with E-state index in [1.165, 1.54) is 19.6 Å². The number of nitrogens with zero attached hydrogens (tertiary/aromatic N) is 1. The van der Waals surface area contributed by atoms with Gasteiger partial charge in [-0.3, -0.25) is 0 Å². The van der Waals surface area contributed by atoms with E-state index < -0.39 is 0 Å². The lowest BCUT2D eigenvalue weighted by atomic mass is 10.00. The summed E-state index contributed by atoms with van der Waals surface area (Å²) < 4.78 is 5.37. The first-order valence-corrected chi connectivity index (χ1v) is 10.9. The molecule has 25 heavy (non-hydrogen) atoms. The summed E-state index contributed by atoms with van der Waals surface area (Å²) in [7, 11) is 1.74. The molecule has 1 aliphatic rings. The Morgan fingerprint density at radius 3 is 2.16 bits per heavy atom. The number of hydrogen-bond acceptors (Lipinski definition) is 3. The van der Waals surface area contributed by atoms with E-state index in [4.69, 9.17) is 9.73 Å². The molecule has 0 amide bonds. The van der Waals surface area contributed by atoms with Crippen molar-refractivity contribution in [1.82, 2.24) is 0 Å². The van der Waals surface area contributed by atoms with Gasteiger partial charge in [0.15, 0.2) is 15.7 Å². The summed E-state index contributed by atoms with van der Waals surface area (Å²) in [6.45, 7) is 6.46. The highest BCUT2D eigenvalue weighted by atomic mass is 32.2. The Bertz CT molecular complexity index is 728. The van der Waals surface area contributed by atoms with Crippen molar-refractivity contribution in [2.75, 3.05) is 12.9 Å². The molecule has 1 atom stereocenters. The van der Waals surface area contributed by atoms with E-state index in [1.807, 2.05) is 18.7 Å². The number of methoxy groups -OCH3 is 1. The minimum Gasteiger partial charge on any atom is -0.484 e. The van der Waals surface area contributed by atoms with E-state index in [2.05, 4.69) is 62.4 Å². The molecule has 0 aliphatic carbocycles. The molecule has 0 aromatic heterocycles. The summed E-state index contributed by atoms with van der Waals surface area (Å²) in [5.41, 5.74) is -0.111. The van der Waals surface area contributed by atoms with Crippen LogP contribution in [0, 0.1) is 0 Å². The number of benzene rings is 2. The van der Waals surface area contributed by atoms with Crippen LogP contribution in [0.1, 0.15) is 33.6 Å². The maximum Gasteiger partial charge on any atom is 0.180 e. The fourth-order valence-corrected chi connectivity index (χ4v) is 7.51. The predicted octanol–water partition coefficient (Wildman–Crippen LogP) is 5.81. The summed E-state index contributed by atoms with van der Waals surface area (Å²) in [5, 5.41) is 0. The van der Waals surface area contributed by atoms with Gasteiger partial charge in [-0.25, -0.2) is 4.99 Å². The van der Waals surface area contributed by atoms with Gasteiger partial charge in [0.1, 0.15) is 11.3 Å². The molecule has 2 aromatic carbocycles. The summed E-state index contributed by atoms with van der Waals surface area (Å²) >= 11 is 1.89. The van der Waals surface area contributed by atoms with Gasteiger partial charge in [0.25, 0.3) is 0 Å². The number of ether oxygens (including phenoxy) is 1. The first-order chi connectivity index (χ1) is 12.1. The van der Waals surface area contributed by atoms with Crippen molar-refractivity contribution >= 4 is 28.6 Å². The standard InChI is InChI=1S/C21H26NOS2/c1-5-14-21(3,22-16(2)23-4)15-25-19-12-8-6-10-17(19)24-18-11-7-9-13-20(18)25/h6-13H,5,14-15H2,1-4H3/q+1. The molecule has 0 saturated heterocycles. The monoisotopic (exact) mass is 372 g/mol. The lowest BCUT2D eigenvalue weighted by Gasteiger charge is -2.27. The first-order valence-electron chi connectivity index (χ1n) is 8.73. The fraction of sp³-hybridized carbons (Fsp3) is 0.381. The molecule has 1 aliphatic heterocycles. The number of hydrogen-bond donors (Lipinski definition) is 0. The second-order valence-corrected chi connectivity index (χ2v) is 9.65. The molecule has 0 fully saturated rings. The van der Waals surface area contributed by atoms with Gasteiger partial charge in [0, 0.05) is 6.92 Å². The fourth-order valence-electron chi connectivity index (χ4n) is 3.30. The Labute approximate surface area is 158 Å². The Balaban J connectivity index is 2.03. The third kappa shape index (κ3) is 4.06. The summed E-state index contributed by atoms with van der Waals surface area (Å²) in [6.07, 6.45) is 2.18. The van der Waals surface area contributed by atoms with Crippen LogP contribution in [0.4, 0.5) is 0 Å². The van der Waals surface area contributed by atoms with E-state index in [9.17, 15) is 0 Å². The third-order valence-corrected chi connectivity index (χ3v) is 8.51. The molecule has 1 heterocycles. The largest absolute Gasteiger partial charge is 0.484 e. The van der Waals surface area contributed by atoms with Crippen molar-refractivity contribution in [2.24, 2.45) is 4.99 Å². The maximum absolute atomic E-state index is 5.37. The summed E-state index contributed by atoms with van der Waals surface area (Å²) in [5.74, 6) is 1.79. The lowest BCUT2D eigenvalue weighted by molar-refractivity contribution is 0.379. The van der Waals surface area contributed by atoms with Gasteiger partial charge in [-0.1, -0.05) is 49.4 Å². The second-order valence-electron chi connectivity index (χ2n) is 6.61. The van der Waals surface area contributed by atoms with Crippen LogP contribution in [0.2, 0.25) is 0 Å². The van der Waals surface area contributed by atoms with Crippen molar-refractivity contribution < 1.29 is 4.74 Å². The molecule has 0 radical (unpaired) electrons. The highest BCUT2D eigenvalue weighted by Crippen LogP contribution is 2.46. The predicted molar refractivity (Wildman–Crippen MR) is 109 cm³/mol. The minimum atomic E-state index is -0.111. The van der Waals surface area contributed by atoms with Crippen LogP contribution in [0.3, 0.4) is 0 Å². The van der Waals surface area contributed by atoms with Gasteiger partial charge < -0.3 is 4.74 Å². The topological polar surface area (TPSA) is 21.6 Å². The van der Waals surface area contributed by atoms with Crippen LogP contribution < -0.4 is 0 Å². The minimum absolute atomic E-state index is 0.0327. The van der Waals surface area contributed by atoms with Crippen molar-refractivity contribution in [3.8, 4) is 0 Å². The first kappa shape index (κ1) is 18.4. The molecule has 4 heteroatoms. The molecule has 132 valence electrons. The van der Waals surface area contributed by atoms with E-state index >= 15 is 0 Å².